The van der Waals surface area contributed by atoms with Crippen molar-refractivity contribution in [3.05, 3.63) is 118 Å². The van der Waals surface area contributed by atoms with Gasteiger partial charge in [0, 0.05) is 70.9 Å². The van der Waals surface area contributed by atoms with Gasteiger partial charge in [0.1, 0.15) is 64.7 Å². The van der Waals surface area contributed by atoms with E-state index in [-0.39, 0.29) is 195 Å². The summed E-state index contributed by atoms with van der Waals surface area (Å²) >= 11 is 1.27. The molecule has 2 aliphatic carbocycles. The number of benzene rings is 3. The molecule has 2 aliphatic heterocycles. The van der Waals surface area contributed by atoms with Crippen LogP contribution in [0, 0.1) is 11.8 Å². The van der Waals surface area contributed by atoms with Gasteiger partial charge in [-0.3, -0.25) is 38.8 Å². The van der Waals surface area contributed by atoms with Gasteiger partial charge in [-0.1, -0.05) is 20.8 Å². The zero-order chi connectivity index (χ0) is 95.3. The topological polar surface area (TPSA) is 444 Å². The molecule has 0 radical (unpaired) electrons. The largest absolute Gasteiger partial charge is 0.595 e. The third kappa shape index (κ3) is 28.5. The second-order valence-electron chi connectivity index (χ2n) is 29.8. The molecular weight excluding hydrogens is 1870 g/mol. The Bertz CT molecular complexity index is 5470. The molecule has 5 aromatic heterocycles. The summed E-state index contributed by atoms with van der Waals surface area (Å²) in [4.78, 5) is 128. The fraction of sp³-hybridized carbons (Fsp3) is 0.476. The van der Waals surface area contributed by atoms with E-state index in [0.717, 1.165) is 43.9 Å². The van der Waals surface area contributed by atoms with Crippen molar-refractivity contribution >= 4 is 140 Å². The summed E-state index contributed by atoms with van der Waals surface area (Å²) in [6.45, 7) is 17.4. The number of aromatic nitrogens is 5. The number of ether oxygens (including phenoxy) is 8. The number of carbonyl (C=O) groups excluding carboxylic acids is 8. The van der Waals surface area contributed by atoms with Crippen LogP contribution in [-0.2, 0) is 75.7 Å². The minimum atomic E-state index is -4.68. The molecule has 5 N–H and O–H groups in total. The molecule has 12 rings (SSSR count). The van der Waals surface area contributed by atoms with E-state index >= 15 is 0 Å². The molecule has 2 saturated carbocycles. The minimum absolute atomic E-state index is 0. The Hall–Kier alpha value is -11.6. The Balaban J connectivity index is 0.000000235. The number of amides is 3. The van der Waals surface area contributed by atoms with Gasteiger partial charge in [0.2, 0.25) is 17.7 Å². The molecule has 3 amide bonds. The number of likely N-dealkylation sites (tertiary alicyclic amines) is 1. The summed E-state index contributed by atoms with van der Waals surface area (Å²) in [7, 11) is 4.32. The van der Waals surface area contributed by atoms with E-state index < -0.39 is 107 Å². The summed E-state index contributed by atoms with van der Waals surface area (Å²) in [5.41, 5.74) is 2.97. The molecule has 4 fully saturated rings. The van der Waals surface area contributed by atoms with E-state index in [1.165, 1.54) is 93.4 Å². The molecule has 33 nitrogen and oxygen atoms in total. The first-order valence-corrected chi connectivity index (χ1v) is 41.4. The molecule has 4 aliphatic rings. The molecule has 0 bridgehead atoms. The number of rotatable bonds is 26. The summed E-state index contributed by atoms with van der Waals surface area (Å²) < 4.78 is 193. The van der Waals surface area contributed by atoms with Gasteiger partial charge in [-0.2, -0.15) is 43.9 Å². The fourth-order valence-electron chi connectivity index (χ4n) is 12.7. The van der Waals surface area contributed by atoms with E-state index in [9.17, 15) is 92.1 Å². The quantitative estimate of drug-likeness (QED) is 0.00450. The number of nitrogens with two attached hydrogens (primary N) is 1. The third-order valence-electron chi connectivity index (χ3n) is 19.1. The number of methoxy groups -OCH3 is 3. The maximum atomic E-state index is 13.9. The Kier molecular flexibility index (Phi) is 38.0. The van der Waals surface area contributed by atoms with Crippen LogP contribution in [0.15, 0.2) is 96.6 Å². The Morgan fingerprint density at radius 3 is 1.54 bits per heavy atom. The molecule has 7 atom stereocenters. The second kappa shape index (κ2) is 46.8. The molecule has 46 heteroatoms. The maximum absolute atomic E-state index is 13.9. The molecular formula is C84H95BF10IN13O20S-2. The number of pyridine rings is 3. The zero-order valence-corrected chi connectivity index (χ0v) is 75.9. The molecule has 704 valence electrons. The predicted molar refractivity (Wildman–Crippen MR) is 461 cm³/mol. The normalized spacial score (nSPS) is 17.0. The first-order valence-electron chi connectivity index (χ1n) is 40.2. The van der Waals surface area contributed by atoms with Crippen LogP contribution in [0.3, 0.4) is 0 Å². The van der Waals surface area contributed by atoms with Crippen molar-refractivity contribution in [2.75, 3.05) is 73.6 Å². The van der Waals surface area contributed by atoms with Gasteiger partial charge < -0.3 is 64.5 Å². The molecule has 2 saturated heterocycles. The van der Waals surface area contributed by atoms with Crippen molar-refractivity contribution in [1.29, 1.82) is 0 Å². The van der Waals surface area contributed by atoms with Crippen molar-refractivity contribution in [2.45, 2.75) is 174 Å². The van der Waals surface area contributed by atoms with Gasteiger partial charge in [0.25, 0.3) is 5.91 Å². The van der Waals surface area contributed by atoms with E-state index in [0.29, 0.717) is 42.7 Å². The average molecular weight is 1970 g/mol. The van der Waals surface area contributed by atoms with Gasteiger partial charge >= 0.3 is 203 Å². The van der Waals surface area contributed by atoms with Crippen LogP contribution in [0.2, 0.25) is 0 Å². The number of aliphatic imine (C=N–C) groups is 3. The maximum Gasteiger partial charge on any atom is 0.325 e. The number of carbonyl (C=O) groups is 8. The van der Waals surface area contributed by atoms with E-state index in [1.54, 1.807) is 74.6 Å². The average Bonchev–Trinajstić information content (AvgIpc) is 1.66. The van der Waals surface area contributed by atoms with Gasteiger partial charge in [-0.15, -0.1) is 35.7 Å². The van der Waals surface area contributed by atoms with Crippen LogP contribution in [0.1, 0.15) is 175 Å². The van der Waals surface area contributed by atoms with Gasteiger partial charge in [0.05, 0.1) is 45.1 Å². The van der Waals surface area contributed by atoms with E-state index in [2.05, 4.69) is 62.0 Å². The number of halogens is 11. The number of nitrogens with one attached hydrogen (secondary N) is 3. The number of esters is 4. The van der Waals surface area contributed by atoms with Crippen molar-refractivity contribution in [2.24, 2.45) is 32.5 Å². The second-order valence-corrected chi connectivity index (χ2v) is 30.6. The Labute approximate surface area is 760 Å². The predicted octanol–water partition coefficient (Wildman–Crippen LogP) is 12.5. The zero-order valence-electron chi connectivity index (χ0n) is 72.8. The Morgan fingerprint density at radius 1 is 0.631 bits per heavy atom. The summed E-state index contributed by atoms with van der Waals surface area (Å²) in [6.07, 6.45) is -6.50. The molecule has 3 aromatic carbocycles. The number of oxazole rings is 2. The summed E-state index contributed by atoms with van der Waals surface area (Å²) in [5, 5.41) is 21.3. The third-order valence-corrected chi connectivity index (χ3v) is 19.8. The molecule has 0 spiro atoms. The van der Waals surface area contributed by atoms with Crippen LogP contribution >= 0.6 is 35.7 Å². The SMILES string of the molecule is CCOC(=O)CN=C(SC)c1ccc(OC)c2nc(C(F)(F)F)ccc12.CCOC(=O)[C@@H]1C[C@@H](NC(=O)C2CC2)CN1.CCOC(=O)[C@@H]1C[C@@H](NC(=O)C2CC2)CN1C(=O)c1nc(-c2ccc(OC)c3nc(C(F)(F)F)ccc23)oc1[C@H](C)N.CCOC(=O)c1nc(-c2ccc(OC)c3nc(C(F)(F)F)ccc23)oc1[C@H](C)N=[C-]B=O.C[C@H](N=C([O-])OC(C)(C)C)C(=O)F.I. The van der Waals surface area contributed by atoms with Gasteiger partial charge in [-0.25, -0.2) is 19.7 Å². The molecule has 0 unspecified atom stereocenters. The number of alkyl halides is 9. The molecule has 8 aromatic rings. The van der Waals surface area contributed by atoms with Crippen LogP contribution in [0.4, 0.5) is 43.9 Å². The summed E-state index contributed by atoms with van der Waals surface area (Å²) in [6, 6.07) is 9.27. The van der Waals surface area contributed by atoms with Crippen molar-refractivity contribution < 1.29 is 139 Å². The van der Waals surface area contributed by atoms with Crippen molar-refractivity contribution in [1.82, 2.24) is 45.8 Å². The first-order chi connectivity index (χ1) is 60.9. The van der Waals surface area contributed by atoms with Gasteiger partial charge in [0.15, 0.2) is 11.5 Å². The van der Waals surface area contributed by atoms with Crippen LogP contribution in [-0.4, -0.2) is 211 Å². The van der Waals surface area contributed by atoms with Crippen molar-refractivity contribution in [3.8, 4) is 40.2 Å². The number of thioether (sulfide) groups is 1. The molecule has 130 heavy (non-hydrogen) atoms. The van der Waals surface area contributed by atoms with Gasteiger partial charge in [-0.05, 0) is 122 Å². The smallest absolute Gasteiger partial charge is 0.325 e. The number of nitrogens with zero attached hydrogens (tertiary/aromatic N) is 9. The van der Waals surface area contributed by atoms with Crippen LogP contribution in [0.5, 0.6) is 17.2 Å². The standard InChI is InChI=1S/C28H30F3N5O6.C20H16BF3N3O5.C17H17F3N2O3S.C11H18N2O3.C8H14FNO3.HI/c1-4-41-27(39)18-11-15(33-24(37)14-5-6-14)12-36(18)26(38)22-23(13(2)32)42-25(35-22)17-7-9-19(40-3)21-16(17)8-10-20(34-21)28(29,30)31;1-4-31-19(28)16-17(10(2)25-9-21-29)32-18(27-16)12-5-7-13(30-3)15-11(12)6-8-14(26-15)20(22,23)24;1-4-25-14(23)9-21-16(26-3)11-5-7-12(24-2)15-10(11)6-8-13(22-15)17(18,19)20;1-2-16-11(15)9-5-8(6-12-9)13-10(14)7-3-4-7;1-5(6(9)11)10-7(12)13-8(2,3)4;/h7-10,13-15,18H,4-6,11-12,32H2,1-3H3,(H,33,37);5-8,10H,4H2,1-3H3;5-8H,4,9H2,1-3H3;7-9,12H,2-6H2,1H3,(H,13,14);5H,1-4H3,(H,10,12);1H/q;-1;;;;/p-1/t13-,15+,18-;10-;;8-,9+;5-;/m00.10./s1. The first kappa shape index (κ1) is 105. The molecule has 7 heterocycles. The monoisotopic (exact) mass is 1970 g/mol. The minimum Gasteiger partial charge on any atom is -0.595 e. The van der Waals surface area contributed by atoms with Crippen LogP contribution in [0.25, 0.3) is 55.6 Å². The number of fused-ring (bicyclic) bond motifs is 3. The summed E-state index contributed by atoms with van der Waals surface area (Å²) in [5.74, 6) is -2.24. The number of hydrogen-bond acceptors (Lipinski definition) is 31. The Morgan fingerprint density at radius 2 is 1.09 bits per heavy atom. The number of hydrogen-bond donors (Lipinski definition) is 4. The van der Waals surface area contributed by atoms with Crippen LogP contribution < -0.4 is 41.0 Å². The van der Waals surface area contributed by atoms with E-state index in [4.69, 9.17) is 52.5 Å². The van der Waals surface area contributed by atoms with Crippen molar-refractivity contribution in [3.63, 3.8) is 0 Å². The van der Waals surface area contributed by atoms with E-state index in [1.807, 2.05) is 0 Å². The fourth-order valence-corrected chi connectivity index (χ4v) is 13.3.